The van der Waals surface area contributed by atoms with Gasteiger partial charge in [0.25, 0.3) is 5.56 Å². The highest BCUT2D eigenvalue weighted by Crippen LogP contribution is 2.24. The number of benzene rings is 2. The van der Waals surface area contributed by atoms with E-state index in [0.717, 1.165) is 5.56 Å². The van der Waals surface area contributed by atoms with Gasteiger partial charge in [0, 0.05) is 18.1 Å². The molecule has 3 aromatic rings. The molecule has 0 saturated heterocycles. The van der Waals surface area contributed by atoms with Crippen LogP contribution in [0.2, 0.25) is 5.02 Å². The normalized spacial score (nSPS) is 12.3. The van der Waals surface area contributed by atoms with Gasteiger partial charge < -0.3 is 5.32 Å². The number of amides is 1. The number of aromatic nitrogens is 2. The molecule has 2 aromatic carbocycles. The van der Waals surface area contributed by atoms with E-state index < -0.39 is 5.25 Å². The van der Waals surface area contributed by atoms with Crippen molar-refractivity contribution in [2.45, 2.75) is 44.3 Å². The Morgan fingerprint density at radius 3 is 2.59 bits per heavy atom. The highest BCUT2D eigenvalue weighted by Gasteiger charge is 2.20. The molecule has 1 heterocycles. The quantitative estimate of drug-likeness (QED) is 0.443. The number of nitrogens with zero attached hydrogens (tertiary/aromatic N) is 2. The molecule has 0 radical (unpaired) electrons. The van der Waals surface area contributed by atoms with Gasteiger partial charge in [0.15, 0.2) is 5.16 Å². The van der Waals surface area contributed by atoms with E-state index in [4.69, 9.17) is 11.6 Å². The second-order valence-electron chi connectivity index (χ2n) is 7.33. The van der Waals surface area contributed by atoms with Crippen molar-refractivity contribution in [2.75, 3.05) is 0 Å². The Morgan fingerprint density at radius 2 is 1.90 bits per heavy atom. The molecule has 1 atom stereocenters. The van der Waals surface area contributed by atoms with E-state index in [2.05, 4.69) is 10.3 Å². The molecular weight excluding hydrogens is 406 g/mol. The molecular formula is C22H24ClN3O2S. The van der Waals surface area contributed by atoms with E-state index in [1.807, 2.05) is 51.1 Å². The summed E-state index contributed by atoms with van der Waals surface area (Å²) < 4.78 is 1.65. The van der Waals surface area contributed by atoms with Gasteiger partial charge in [-0.2, -0.15) is 0 Å². The number of rotatable bonds is 7. The van der Waals surface area contributed by atoms with Crippen molar-refractivity contribution >= 4 is 40.2 Å². The van der Waals surface area contributed by atoms with Crippen LogP contribution < -0.4 is 10.9 Å². The summed E-state index contributed by atoms with van der Waals surface area (Å²) in [6, 6.07) is 14.9. The van der Waals surface area contributed by atoms with Crippen molar-refractivity contribution in [3.63, 3.8) is 0 Å². The predicted octanol–water partition coefficient (Wildman–Crippen LogP) is 4.50. The molecule has 3 rings (SSSR count). The van der Waals surface area contributed by atoms with E-state index in [-0.39, 0.29) is 17.4 Å². The molecule has 5 nitrogen and oxygen atoms in total. The summed E-state index contributed by atoms with van der Waals surface area (Å²) in [7, 11) is 0. The summed E-state index contributed by atoms with van der Waals surface area (Å²) in [6.07, 6.45) is 0. The lowest BCUT2D eigenvalue weighted by atomic mass is 10.2. The first kappa shape index (κ1) is 21.4. The first-order valence-electron chi connectivity index (χ1n) is 9.53. The third kappa shape index (κ3) is 5.40. The maximum atomic E-state index is 13.0. The highest BCUT2D eigenvalue weighted by atomic mass is 35.5. The van der Waals surface area contributed by atoms with Crippen molar-refractivity contribution in [2.24, 2.45) is 5.92 Å². The second-order valence-corrected chi connectivity index (χ2v) is 9.07. The smallest absolute Gasteiger partial charge is 0.262 e. The minimum Gasteiger partial charge on any atom is -0.351 e. The number of carbonyl (C=O) groups excluding carboxylic acids is 1. The van der Waals surface area contributed by atoms with E-state index >= 15 is 0 Å². The minimum atomic E-state index is -0.395. The van der Waals surface area contributed by atoms with Crippen LogP contribution in [0, 0.1) is 5.92 Å². The zero-order chi connectivity index (χ0) is 21.0. The van der Waals surface area contributed by atoms with Crippen molar-refractivity contribution in [1.29, 1.82) is 0 Å². The molecule has 29 heavy (non-hydrogen) atoms. The lowest BCUT2D eigenvalue weighted by Crippen LogP contribution is -2.32. The summed E-state index contributed by atoms with van der Waals surface area (Å²) in [5.41, 5.74) is 1.49. The third-order valence-corrected chi connectivity index (χ3v) is 5.72. The molecule has 1 amide bonds. The first-order valence-corrected chi connectivity index (χ1v) is 10.8. The van der Waals surface area contributed by atoms with Gasteiger partial charge in [-0.3, -0.25) is 14.2 Å². The number of carbonyl (C=O) groups is 1. The van der Waals surface area contributed by atoms with Crippen LogP contribution in [0.5, 0.6) is 0 Å². The standard InChI is InChI=1S/C22H24ClN3O2S/c1-14(2)13-26-21(28)18-11-17(23)9-10-19(18)25-22(26)29-15(3)20(27)24-12-16-7-5-4-6-8-16/h4-11,14-15H,12-13H2,1-3H3,(H,24,27). The molecule has 7 heteroatoms. The molecule has 0 aliphatic rings. The number of thioether (sulfide) groups is 1. The molecule has 1 aromatic heterocycles. The van der Waals surface area contributed by atoms with Gasteiger partial charge in [0.2, 0.25) is 5.91 Å². The molecule has 0 fully saturated rings. The number of nitrogens with one attached hydrogen (secondary N) is 1. The van der Waals surface area contributed by atoms with Crippen LogP contribution in [-0.4, -0.2) is 20.7 Å². The molecule has 0 spiro atoms. The fourth-order valence-corrected chi connectivity index (χ4v) is 4.04. The van der Waals surface area contributed by atoms with Crippen LogP contribution in [0.15, 0.2) is 58.5 Å². The topological polar surface area (TPSA) is 64.0 Å². The van der Waals surface area contributed by atoms with Gasteiger partial charge in [-0.05, 0) is 36.6 Å². The van der Waals surface area contributed by atoms with Crippen LogP contribution in [0.4, 0.5) is 0 Å². The average molecular weight is 430 g/mol. The third-order valence-electron chi connectivity index (χ3n) is 4.39. The maximum Gasteiger partial charge on any atom is 0.262 e. The maximum absolute atomic E-state index is 13.0. The van der Waals surface area contributed by atoms with Gasteiger partial charge in [-0.25, -0.2) is 4.98 Å². The molecule has 0 saturated carbocycles. The SMILES string of the molecule is CC(C)Cn1c(SC(C)C(=O)NCc2ccccc2)nc2ccc(Cl)cc2c1=O. The number of halogens is 1. The Morgan fingerprint density at radius 1 is 1.17 bits per heavy atom. The fraction of sp³-hybridized carbons (Fsp3) is 0.318. The molecule has 0 aliphatic heterocycles. The average Bonchev–Trinajstić information content (AvgIpc) is 2.70. The lowest BCUT2D eigenvalue weighted by Gasteiger charge is -2.17. The van der Waals surface area contributed by atoms with Crippen LogP contribution in [0.1, 0.15) is 26.3 Å². The zero-order valence-electron chi connectivity index (χ0n) is 16.7. The van der Waals surface area contributed by atoms with Crippen molar-refractivity contribution < 1.29 is 4.79 Å². The summed E-state index contributed by atoms with van der Waals surface area (Å²) in [6.45, 7) is 6.89. The fourth-order valence-electron chi connectivity index (χ4n) is 2.93. The van der Waals surface area contributed by atoms with E-state index in [1.165, 1.54) is 11.8 Å². The Bertz CT molecular complexity index is 1070. The summed E-state index contributed by atoms with van der Waals surface area (Å²) >= 11 is 7.36. The van der Waals surface area contributed by atoms with Gasteiger partial charge in [-0.1, -0.05) is 67.5 Å². The number of hydrogen-bond acceptors (Lipinski definition) is 4. The molecule has 152 valence electrons. The molecule has 1 unspecified atom stereocenters. The molecule has 1 N–H and O–H groups in total. The van der Waals surface area contributed by atoms with Crippen molar-refractivity contribution in [3.8, 4) is 0 Å². The lowest BCUT2D eigenvalue weighted by molar-refractivity contribution is -0.120. The highest BCUT2D eigenvalue weighted by molar-refractivity contribution is 8.00. The van der Waals surface area contributed by atoms with Crippen LogP contribution in [0.25, 0.3) is 10.9 Å². The Hall–Kier alpha value is -2.31. The summed E-state index contributed by atoms with van der Waals surface area (Å²) in [5, 5.41) is 4.08. The zero-order valence-corrected chi connectivity index (χ0v) is 18.3. The Kier molecular flexibility index (Phi) is 6.98. The predicted molar refractivity (Wildman–Crippen MR) is 119 cm³/mol. The van der Waals surface area contributed by atoms with Crippen LogP contribution >= 0.6 is 23.4 Å². The summed E-state index contributed by atoms with van der Waals surface area (Å²) in [4.78, 5) is 30.3. The number of hydrogen-bond donors (Lipinski definition) is 1. The minimum absolute atomic E-state index is 0.0968. The summed E-state index contributed by atoms with van der Waals surface area (Å²) in [5.74, 6) is 0.160. The van der Waals surface area contributed by atoms with Crippen molar-refractivity contribution in [1.82, 2.24) is 14.9 Å². The number of fused-ring (bicyclic) bond motifs is 1. The largest absolute Gasteiger partial charge is 0.351 e. The van der Waals surface area contributed by atoms with E-state index in [1.54, 1.807) is 22.8 Å². The van der Waals surface area contributed by atoms with Gasteiger partial charge >= 0.3 is 0 Å². The van der Waals surface area contributed by atoms with Crippen LogP contribution in [-0.2, 0) is 17.9 Å². The van der Waals surface area contributed by atoms with E-state index in [0.29, 0.717) is 34.2 Å². The molecule has 0 bridgehead atoms. The van der Waals surface area contributed by atoms with Gasteiger partial charge in [-0.15, -0.1) is 0 Å². The Balaban J connectivity index is 1.84. The van der Waals surface area contributed by atoms with Gasteiger partial charge in [0.1, 0.15) is 0 Å². The first-order chi connectivity index (χ1) is 13.8. The van der Waals surface area contributed by atoms with Crippen LogP contribution in [0.3, 0.4) is 0 Å². The monoisotopic (exact) mass is 429 g/mol. The second kappa shape index (κ2) is 9.46. The molecule has 0 aliphatic carbocycles. The van der Waals surface area contributed by atoms with Gasteiger partial charge in [0.05, 0.1) is 16.2 Å². The van der Waals surface area contributed by atoms with Crippen molar-refractivity contribution in [3.05, 3.63) is 69.5 Å². The van der Waals surface area contributed by atoms with E-state index in [9.17, 15) is 9.59 Å². The Labute approximate surface area is 179 Å².